The van der Waals surface area contributed by atoms with Crippen molar-refractivity contribution in [3.63, 3.8) is 0 Å². The van der Waals surface area contributed by atoms with Crippen LogP contribution in [0.2, 0.25) is 0 Å². The molecule has 8 aliphatic carbocycles. The second kappa shape index (κ2) is 12.6. The van der Waals surface area contributed by atoms with Crippen molar-refractivity contribution in [3.05, 3.63) is 47.8 Å². The quantitative estimate of drug-likeness (QED) is 0.281. The first-order chi connectivity index (χ1) is 23.2. The number of aromatic nitrogens is 2. The van der Waals surface area contributed by atoms with E-state index in [1.807, 2.05) is 0 Å². The summed E-state index contributed by atoms with van der Waals surface area (Å²) in [5, 5.41) is 12.5. The van der Waals surface area contributed by atoms with E-state index in [1.165, 1.54) is 38.5 Å². The molecule has 8 fully saturated rings. The standard InChI is InChI=1S/C38H48N6O4/c45-33(43-37-17-23-9-24(18-37)11-25(10-23)19-37)3-7-41-35(47)29-1-5-39-31(15-29)32-16-30(2-6-40-32)36(48)42-8-4-34(46)44-38-20-26-12-27(21-38)14-28(13-26)22-38/h1-2,5-6,15-16,23-28H,3-4,7-14,17-22H2,(H,41,47)(H,42,48)(H,43,45)(H,44,46). The maximum Gasteiger partial charge on any atom is 0.251 e. The Kier molecular flexibility index (Phi) is 8.23. The Hall–Kier alpha value is -3.82. The average molecular weight is 653 g/mol. The second-order valence-corrected chi connectivity index (χ2v) is 16.4. The highest BCUT2D eigenvalue weighted by Crippen LogP contribution is 2.56. The first-order valence-corrected chi connectivity index (χ1v) is 18.3. The van der Waals surface area contributed by atoms with Gasteiger partial charge in [-0.2, -0.15) is 0 Å². The summed E-state index contributed by atoms with van der Waals surface area (Å²) in [4.78, 5) is 60.5. The van der Waals surface area contributed by atoms with Crippen molar-refractivity contribution in [2.45, 2.75) is 101 Å². The van der Waals surface area contributed by atoms with E-state index >= 15 is 0 Å². The maximum atomic E-state index is 13.0. The van der Waals surface area contributed by atoms with Gasteiger partial charge in [-0.1, -0.05) is 0 Å². The van der Waals surface area contributed by atoms with Crippen LogP contribution >= 0.6 is 0 Å². The monoisotopic (exact) mass is 652 g/mol. The van der Waals surface area contributed by atoms with Crippen LogP contribution in [0, 0.1) is 35.5 Å². The van der Waals surface area contributed by atoms with Gasteiger partial charge in [0.15, 0.2) is 0 Å². The molecule has 0 aromatic carbocycles. The van der Waals surface area contributed by atoms with Crippen molar-refractivity contribution in [1.82, 2.24) is 31.2 Å². The molecule has 2 aromatic heterocycles. The van der Waals surface area contributed by atoms with Crippen molar-refractivity contribution < 1.29 is 19.2 Å². The Labute approximate surface area is 282 Å². The highest BCUT2D eigenvalue weighted by Gasteiger charge is 2.52. The Balaban J connectivity index is 0.804. The van der Waals surface area contributed by atoms with Gasteiger partial charge in [0, 0.05) is 60.5 Å². The first kappa shape index (κ1) is 31.4. The van der Waals surface area contributed by atoms with Crippen LogP contribution in [0.25, 0.3) is 11.4 Å². The van der Waals surface area contributed by atoms with E-state index in [4.69, 9.17) is 0 Å². The van der Waals surface area contributed by atoms with Crippen molar-refractivity contribution >= 4 is 23.6 Å². The molecule has 48 heavy (non-hydrogen) atoms. The number of hydrogen-bond acceptors (Lipinski definition) is 6. The molecule has 2 heterocycles. The maximum absolute atomic E-state index is 13.0. The number of hydrogen-bond donors (Lipinski definition) is 4. The average Bonchev–Trinajstić information content (AvgIpc) is 3.03. The molecular weight excluding hydrogens is 604 g/mol. The van der Waals surface area contributed by atoms with Crippen LogP contribution in [0.1, 0.15) is 111 Å². The third-order valence-electron chi connectivity index (χ3n) is 12.5. The lowest BCUT2D eigenvalue weighted by Crippen LogP contribution is -2.60. The Morgan fingerprint density at radius 2 is 0.896 bits per heavy atom. The summed E-state index contributed by atoms with van der Waals surface area (Å²) < 4.78 is 0. The SMILES string of the molecule is O=C(CCNC(=O)c1ccnc(-c2cc(C(=O)NCCC(=O)NC34CC5CC(CC(C5)C3)C4)ccn2)c1)NC12CC3CC(CC(C3)C1)C2. The van der Waals surface area contributed by atoms with Gasteiger partial charge in [0.25, 0.3) is 11.8 Å². The molecule has 0 atom stereocenters. The van der Waals surface area contributed by atoms with Crippen LogP contribution < -0.4 is 21.3 Å². The fourth-order valence-electron chi connectivity index (χ4n) is 11.5. The summed E-state index contributed by atoms with van der Waals surface area (Å²) in [6.07, 6.45) is 18.2. The van der Waals surface area contributed by atoms with Crippen LogP contribution in [-0.2, 0) is 9.59 Å². The van der Waals surface area contributed by atoms with E-state index in [0.717, 1.165) is 74.0 Å². The smallest absolute Gasteiger partial charge is 0.251 e. The van der Waals surface area contributed by atoms with Crippen LogP contribution in [0.4, 0.5) is 0 Å². The van der Waals surface area contributed by atoms with E-state index in [9.17, 15) is 19.2 Å². The number of rotatable bonds is 11. The fourth-order valence-corrected chi connectivity index (χ4v) is 11.5. The number of nitrogens with zero attached hydrogens (tertiary/aromatic N) is 2. The van der Waals surface area contributed by atoms with Crippen LogP contribution in [0.5, 0.6) is 0 Å². The van der Waals surface area contributed by atoms with Crippen LogP contribution in [0.15, 0.2) is 36.7 Å². The number of nitrogens with one attached hydrogen (secondary N) is 4. The fraction of sp³-hybridized carbons (Fsp3) is 0.632. The summed E-state index contributed by atoms with van der Waals surface area (Å²) in [6, 6.07) is 6.53. The zero-order valence-corrected chi connectivity index (χ0v) is 27.8. The minimum Gasteiger partial charge on any atom is -0.352 e. The number of amides is 4. The molecule has 0 unspecified atom stereocenters. The summed E-state index contributed by atoms with van der Waals surface area (Å²) >= 11 is 0. The van der Waals surface area contributed by atoms with E-state index < -0.39 is 0 Å². The number of carbonyl (C=O) groups excluding carboxylic acids is 4. The van der Waals surface area contributed by atoms with Crippen molar-refractivity contribution in [1.29, 1.82) is 0 Å². The molecular formula is C38H48N6O4. The molecule has 4 N–H and O–H groups in total. The Bertz CT molecular complexity index is 1420. The summed E-state index contributed by atoms with van der Waals surface area (Å²) in [5.41, 5.74) is 1.68. The van der Waals surface area contributed by atoms with Gasteiger partial charge in [0.2, 0.25) is 11.8 Å². The lowest BCUT2D eigenvalue weighted by atomic mass is 9.53. The molecule has 254 valence electrons. The molecule has 8 aliphatic rings. The van der Waals surface area contributed by atoms with Crippen molar-refractivity contribution in [2.24, 2.45) is 35.5 Å². The highest BCUT2D eigenvalue weighted by atomic mass is 16.2. The Morgan fingerprint density at radius 1 is 0.562 bits per heavy atom. The normalized spacial score (nSPS) is 33.7. The molecule has 0 saturated heterocycles. The van der Waals surface area contributed by atoms with Gasteiger partial charge in [-0.25, -0.2) is 0 Å². The molecule has 0 spiro atoms. The van der Waals surface area contributed by atoms with E-state index in [1.54, 1.807) is 36.7 Å². The van der Waals surface area contributed by atoms with Gasteiger partial charge in [0.1, 0.15) is 0 Å². The van der Waals surface area contributed by atoms with Gasteiger partial charge in [-0.3, -0.25) is 29.1 Å². The van der Waals surface area contributed by atoms with Crippen molar-refractivity contribution in [2.75, 3.05) is 13.1 Å². The Morgan fingerprint density at radius 3 is 1.23 bits per heavy atom. The molecule has 0 aliphatic heterocycles. The molecule has 10 heteroatoms. The first-order valence-electron chi connectivity index (χ1n) is 18.3. The zero-order chi connectivity index (χ0) is 32.9. The third kappa shape index (κ3) is 6.59. The second-order valence-electron chi connectivity index (χ2n) is 16.4. The third-order valence-corrected chi connectivity index (χ3v) is 12.5. The highest BCUT2D eigenvalue weighted by molar-refractivity contribution is 5.96. The van der Waals surface area contributed by atoms with E-state index in [-0.39, 0.29) is 60.6 Å². The van der Waals surface area contributed by atoms with E-state index in [2.05, 4.69) is 31.2 Å². The number of carbonyl (C=O) groups is 4. The zero-order valence-electron chi connectivity index (χ0n) is 27.8. The van der Waals surface area contributed by atoms with Gasteiger partial charge < -0.3 is 21.3 Å². The summed E-state index contributed by atoms with van der Waals surface area (Å²) in [7, 11) is 0. The van der Waals surface area contributed by atoms with Gasteiger partial charge in [-0.05, 0) is 137 Å². The molecule has 10 nitrogen and oxygen atoms in total. The van der Waals surface area contributed by atoms with E-state index in [0.29, 0.717) is 22.5 Å². The van der Waals surface area contributed by atoms with Gasteiger partial charge >= 0.3 is 0 Å². The molecule has 10 rings (SSSR count). The topological polar surface area (TPSA) is 142 Å². The molecule has 8 bridgehead atoms. The van der Waals surface area contributed by atoms with Crippen molar-refractivity contribution in [3.8, 4) is 11.4 Å². The lowest BCUT2D eigenvalue weighted by Gasteiger charge is -2.57. The molecule has 0 radical (unpaired) electrons. The minimum absolute atomic E-state index is 0.00945. The number of pyridine rings is 2. The lowest BCUT2D eigenvalue weighted by molar-refractivity contribution is -0.127. The molecule has 4 amide bonds. The molecule has 2 aromatic rings. The van der Waals surface area contributed by atoms with Gasteiger partial charge in [0.05, 0.1) is 11.4 Å². The predicted molar refractivity (Wildman–Crippen MR) is 179 cm³/mol. The summed E-state index contributed by atoms with van der Waals surface area (Å²) in [5.74, 6) is 4.00. The largest absolute Gasteiger partial charge is 0.352 e. The molecule has 8 saturated carbocycles. The predicted octanol–water partition coefficient (Wildman–Crippen LogP) is 4.55. The van der Waals surface area contributed by atoms with Gasteiger partial charge in [-0.15, -0.1) is 0 Å². The minimum atomic E-state index is -0.290. The van der Waals surface area contributed by atoms with Crippen LogP contribution in [-0.4, -0.2) is 57.8 Å². The summed E-state index contributed by atoms with van der Waals surface area (Å²) in [6.45, 7) is 0.506. The van der Waals surface area contributed by atoms with Crippen LogP contribution in [0.3, 0.4) is 0 Å².